The predicted molar refractivity (Wildman–Crippen MR) is 83.7 cm³/mol. The van der Waals surface area contributed by atoms with Gasteiger partial charge >= 0.3 is 0 Å². The van der Waals surface area contributed by atoms with E-state index in [0.29, 0.717) is 15.7 Å². The number of hydrogen-bond donors (Lipinski definition) is 1. The van der Waals surface area contributed by atoms with E-state index in [1.165, 1.54) is 24.4 Å². The zero-order chi connectivity index (χ0) is 16.2. The molecule has 0 unspecified atom stereocenters. The third-order valence-corrected chi connectivity index (χ3v) is 4.36. The van der Waals surface area contributed by atoms with Crippen molar-refractivity contribution >= 4 is 34.9 Å². The molecule has 116 valence electrons. The van der Waals surface area contributed by atoms with Crippen LogP contribution >= 0.6 is 23.4 Å². The summed E-state index contributed by atoms with van der Waals surface area (Å²) in [6, 6.07) is 9.08. The number of carbonyl (C=O) groups is 2. The molecule has 0 saturated heterocycles. The molecule has 0 aliphatic rings. The van der Waals surface area contributed by atoms with Crippen molar-refractivity contribution in [1.82, 2.24) is 15.2 Å². The summed E-state index contributed by atoms with van der Waals surface area (Å²) in [5, 5.41) is 7.13. The third kappa shape index (κ3) is 3.69. The van der Waals surface area contributed by atoms with E-state index in [1.54, 1.807) is 12.1 Å². The molecule has 3 rings (SSSR count). The number of furan rings is 1. The van der Waals surface area contributed by atoms with Crippen molar-refractivity contribution in [3.63, 3.8) is 0 Å². The Labute approximate surface area is 140 Å². The van der Waals surface area contributed by atoms with Crippen LogP contribution in [0.3, 0.4) is 0 Å². The summed E-state index contributed by atoms with van der Waals surface area (Å²) in [5.74, 6) is -1.36. The van der Waals surface area contributed by atoms with Crippen LogP contribution < -0.4 is 0 Å². The van der Waals surface area contributed by atoms with E-state index in [4.69, 9.17) is 16.0 Å². The van der Waals surface area contributed by atoms with E-state index in [1.807, 2.05) is 18.2 Å². The van der Waals surface area contributed by atoms with Gasteiger partial charge in [0.2, 0.25) is 5.78 Å². The van der Waals surface area contributed by atoms with Gasteiger partial charge in [0.05, 0.1) is 11.3 Å². The molecule has 0 bridgehead atoms. The number of aromatic amines is 1. The topological polar surface area (TPSA) is 88.8 Å². The summed E-state index contributed by atoms with van der Waals surface area (Å²) < 4.78 is 5.40. The lowest BCUT2D eigenvalue weighted by Gasteiger charge is -1.99. The van der Waals surface area contributed by atoms with Gasteiger partial charge in [-0.05, 0) is 23.8 Å². The van der Waals surface area contributed by atoms with Crippen molar-refractivity contribution in [2.24, 2.45) is 0 Å². The summed E-state index contributed by atoms with van der Waals surface area (Å²) in [5.41, 5.74) is 0.609. The molecular formula is C15H10ClN3O3S. The minimum Gasteiger partial charge on any atom is -0.457 e. The van der Waals surface area contributed by atoms with E-state index in [-0.39, 0.29) is 12.2 Å². The fourth-order valence-corrected chi connectivity index (χ4v) is 2.93. The Morgan fingerprint density at radius 1 is 1.30 bits per heavy atom. The van der Waals surface area contributed by atoms with E-state index in [2.05, 4.69) is 15.2 Å². The zero-order valence-corrected chi connectivity index (χ0v) is 13.2. The number of carbonyl (C=O) groups excluding carboxylic acids is 2. The summed E-state index contributed by atoms with van der Waals surface area (Å²) in [6.45, 7) is 0. The van der Waals surface area contributed by atoms with Crippen molar-refractivity contribution < 1.29 is 14.0 Å². The molecule has 1 N–H and O–H groups in total. The van der Waals surface area contributed by atoms with Gasteiger partial charge in [-0.15, -0.1) is 0 Å². The van der Waals surface area contributed by atoms with Crippen LogP contribution in [0.1, 0.15) is 16.2 Å². The number of benzene rings is 1. The van der Waals surface area contributed by atoms with Crippen LogP contribution in [0.5, 0.6) is 0 Å². The molecule has 0 aliphatic heterocycles. The first kappa shape index (κ1) is 15.5. The fraction of sp³-hybridized carbons (Fsp3) is 0.0667. The highest BCUT2D eigenvalue weighted by Gasteiger charge is 2.20. The number of Topliss-reactive ketones (excluding diaryl/α,β-unsaturated/α-hetero) is 2. The quantitative estimate of drug-likeness (QED) is 0.544. The largest absolute Gasteiger partial charge is 0.457 e. The van der Waals surface area contributed by atoms with Crippen LogP contribution in [0.2, 0.25) is 5.02 Å². The molecule has 0 saturated carbocycles. The first-order valence-electron chi connectivity index (χ1n) is 6.56. The Hall–Kier alpha value is -2.38. The van der Waals surface area contributed by atoms with E-state index in [0.717, 1.165) is 4.90 Å². The summed E-state index contributed by atoms with van der Waals surface area (Å²) in [4.78, 5) is 28.3. The average molecular weight is 348 g/mol. The molecule has 0 radical (unpaired) electrons. The second kappa shape index (κ2) is 6.80. The number of aromatic nitrogens is 3. The predicted octanol–water partition coefficient (Wildman–Crippen LogP) is 3.20. The SMILES string of the molecule is O=C(Cc1coc(Sc2ccccc2Cl)c1)C(=O)c1ncn[nH]1. The van der Waals surface area contributed by atoms with Gasteiger partial charge in [-0.3, -0.25) is 14.7 Å². The van der Waals surface area contributed by atoms with Crippen LogP contribution in [0, 0.1) is 0 Å². The first-order chi connectivity index (χ1) is 11.1. The van der Waals surface area contributed by atoms with Crippen molar-refractivity contribution in [1.29, 1.82) is 0 Å². The molecule has 0 atom stereocenters. The number of H-pyrrole nitrogens is 1. The molecule has 0 fully saturated rings. The van der Waals surface area contributed by atoms with Gasteiger partial charge in [0.25, 0.3) is 5.78 Å². The van der Waals surface area contributed by atoms with Gasteiger partial charge in [-0.25, -0.2) is 4.98 Å². The summed E-state index contributed by atoms with van der Waals surface area (Å²) >= 11 is 7.43. The maximum absolute atomic E-state index is 11.9. The second-order valence-corrected chi connectivity index (χ2v) is 6.02. The highest BCUT2D eigenvalue weighted by Crippen LogP contribution is 2.34. The van der Waals surface area contributed by atoms with Gasteiger partial charge in [-0.2, -0.15) is 5.10 Å². The average Bonchev–Trinajstić information content (AvgIpc) is 3.21. The number of rotatable bonds is 6. The van der Waals surface area contributed by atoms with Crippen LogP contribution in [-0.2, 0) is 11.2 Å². The fourth-order valence-electron chi connectivity index (χ4n) is 1.85. The molecule has 3 aromatic rings. The van der Waals surface area contributed by atoms with Crippen LogP contribution in [0.4, 0.5) is 0 Å². The van der Waals surface area contributed by atoms with E-state index >= 15 is 0 Å². The highest BCUT2D eigenvalue weighted by atomic mass is 35.5. The third-order valence-electron chi connectivity index (χ3n) is 2.92. The van der Waals surface area contributed by atoms with Crippen molar-refractivity contribution in [2.75, 3.05) is 0 Å². The van der Waals surface area contributed by atoms with Crippen molar-refractivity contribution in [3.8, 4) is 0 Å². The number of nitrogens with zero attached hydrogens (tertiary/aromatic N) is 2. The Balaban J connectivity index is 1.67. The number of hydrogen-bond acceptors (Lipinski definition) is 6. The minimum absolute atomic E-state index is 0.0634. The van der Waals surface area contributed by atoms with Gasteiger partial charge in [0.1, 0.15) is 6.33 Å². The van der Waals surface area contributed by atoms with Crippen LogP contribution in [-0.4, -0.2) is 26.7 Å². The Kier molecular flexibility index (Phi) is 4.59. The van der Waals surface area contributed by atoms with Crippen LogP contribution in [0.15, 0.2) is 57.3 Å². The molecule has 8 heteroatoms. The van der Waals surface area contributed by atoms with Crippen LogP contribution in [0.25, 0.3) is 0 Å². The highest BCUT2D eigenvalue weighted by molar-refractivity contribution is 7.99. The number of halogens is 1. The smallest absolute Gasteiger partial charge is 0.265 e. The lowest BCUT2D eigenvalue weighted by atomic mass is 10.1. The molecule has 0 spiro atoms. The van der Waals surface area contributed by atoms with E-state index < -0.39 is 11.6 Å². The standard InChI is InChI=1S/C15H10ClN3O3S/c16-10-3-1-2-4-12(10)23-13-6-9(7-22-13)5-11(20)14(21)15-17-8-18-19-15/h1-4,6-8H,5H2,(H,17,18,19). The van der Waals surface area contributed by atoms with Gasteiger partial charge < -0.3 is 4.42 Å². The lowest BCUT2D eigenvalue weighted by Crippen LogP contribution is -2.17. The molecule has 6 nitrogen and oxygen atoms in total. The maximum atomic E-state index is 11.9. The molecule has 0 aliphatic carbocycles. The molecular weight excluding hydrogens is 338 g/mol. The first-order valence-corrected chi connectivity index (χ1v) is 7.75. The van der Waals surface area contributed by atoms with E-state index in [9.17, 15) is 9.59 Å². The Morgan fingerprint density at radius 3 is 2.87 bits per heavy atom. The van der Waals surface area contributed by atoms with Gasteiger partial charge in [0, 0.05) is 11.3 Å². The van der Waals surface area contributed by atoms with Gasteiger partial charge in [-0.1, -0.05) is 35.5 Å². The zero-order valence-electron chi connectivity index (χ0n) is 11.7. The minimum atomic E-state index is -0.705. The summed E-state index contributed by atoms with van der Waals surface area (Å²) in [7, 11) is 0. The molecule has 2 aromatic heterocycles. The second-order valence-electron chi connectivity index (χ2n) is 4.57. The van der Waals surface area contributed by atoms with Crippen molar-refractivity contribution in [3.05, 3.63) is 59.3 Å². The molecule has 1 aromatic carbocycles. The monoisotopic (exact) mass is 347 g/mol. The number of ketones is 2. The Morgan fingerprint density at radius 2 is 2.13 bits per heavy atom. The lowest BCUT2D eigenvalue weighted by molar-refractivity contribution is -0.114. The molecule has 0 amide bonds. The normalized spacial score (nSPS) is 10.7. The maximum Gasteiger partial charge on any atom is 0.265 e. The number of nitrogens with one attached hydrogen (secondary N) is 1. The molecule has 2 heterocycles. The Bertz CT molecular complexity index is 845. The van der Waals surface area contributed by atoms with Crippen molar-refractivity contribution in [2.45, 2.75) is 16.4 Å². The molecule has 23 heavy (non-hydrogen) atoms. The van der Waals surface area contributed by atoms with Gasteiger partial charge in [0.15, 0.2) is 10.9 Å². The summed E-state index contributed by atoms with van der Waals surface area (Å²) in [6.07, 6.45) is 2.56.